The highest BCUT2D eigenvalue weighted by Crippen LogP contribution is 2.40. The molecule has 0 radical (unpaired) electrons. The van der Waals surface area contributed by atoms with E-state index in [0.717, 1.165) is 44.2 Å². The van der Waals surface area contributed by atoms with E-state index < -0.39 is 0 Å². The van der Waals surface area contributed by atoms with Gasteiger partial charge in [-0.3, -0.25) is 9.80 Å². The van der Waals surface area contributed by atoms with Crippen LogP contribution in [0.3, 0.4) is 0 Å². The molecule has 0 aliphatic carbocycles. The number of aromatic nitrogens is 2. The van der Waals surface area contributed by atoms with Gasteiger partial charge < -0.3 is 14.0 Å². The smallest absolute Gasteiger partial charge is 0.165 e. The first-order valence-corrected chi connectivity index (χ1v) is 10.8. The normalized spacial score (nSPS) is 23.0. The predicted octanol–water partition coefficient (Wildman–Crippen LogP) is 3.41. The number of nitrogens with zero attached hydrogens (tertiary/aromatic N) is 4. The highest BCUT2D eigenvalue weighted by molar-refractivity contribution is 5.46. The van der Waals surface area contributed by atoms with Gasteiger partial charge in [0.15, 0.2) is 11.5 Å². The van der Waals surface area contributed by atoms with Crippen molar-refractivity contribution in [2.75, 3.05) is 40.4 Å². The van der Waals surface area contributed by atoms with Crippen LogP contribution in [0.4, 0.5) is 0 Å². The van der Waals surface area contributed by atoms with Crippen molar-refractivity contribution in [3.8, 4) is 11.5 Å². The van der Waals surface area contributed by atoms with Crippen molar-refractivity contribution < 1.29 is 9.47 Å². The number of rotatable bonds is 7. The molecule has 1 atom stereocenters. The standard InChI is InChI=1S/C23H34N4O2/c1-4-27-14-11-24-21(27)16-26-13-10-23(18-26)9-6-12-25(17-23)15-19-7-5-8-20(28-2)22(19)29-3/h5,7-8,11,14H,4,6,9-10,12-13,15-18H2,1-3H3. The Balaban J connectivity index is 1.41. The van der Waals surface area contributed by atoms with Crippen LogP contribution in [0.1, 0.15) is 37.6 Å². The SMILES string of the molecule is CCn1ccnc1CN1CCC2(CCCN(Cc3cccc(OC)c3OC)C2)C1. The van der Waals surface area contributed by atoms with Gasteiger partial charge in [0.1, 0.15) is 5.82 Å². The average Bonchev–Trinajstić information content (AvgIpc) is 3.34. The number of likely N-dealkylation sites (tertiary alicyclic amines) is 2. The number of hydrogen-bond acceptors (Lipinski definition) is 5. The molecular formula is C23H34N4O2. The molecule has 1 unspecified atom stereocenters. The lowest BCUT2D eigenvalue weighted by Crippen LogP contribution is -2.44. The topological polar surface area (TPSA) is 42.8 Å². The second kappa shape index (κ2) is 8.76. The minimum atomic E-state index is 0.411. The van der Waals surface area contributed by atoms with Crippen molar-refractivity contribution >= 4 is 0 Å². The maximum Gasteiger partial charge on any atom is 0.165 e. The number of para-hydroxylation sites is 1. The highest BCUT2D eigenvalue weighted by atomic mass is 16.5. The van der Waals surface area contributed by atoms with Crippen LogP contribution in [-0.4, -0.2) is 59.7 Å². The van der Waals surface area contributed by atoms with Crippen molar-refractivity contribution in [3.05, 3.63) is 42.0 Å². The lowest BCUT2D eigenvalue weighted by Gasteiger charge is -2.40. The summed E-state index contributed by atoms with van der Waals surface area (Å²) in [6, 6.07) is 6.19. The Morgan fingerprint density at radius 3 is 2.62 bits per heavy atom. The van der Waals surface area contributed by atoms with E-state index in [0.29, 0.717) is 5.41 Å². The fourth-order valence-electron chi connectivity index (χ4n) is 5.24. The summed E-state index contributed by atoms with van der Waals surface area (Å²) in [5.74, 6) is 2.88. The number of methoxy groups -OCH3 is 2. The molecule has 2 fully saturated rings. The molecule has 0 bridgehead atoms. The quantitative estimate of drug-likeness (QED) is 0.715. The maximum atomic E-state index is 5.65. The van der Waals surface area contributed by atoms with Gasteiger partial charge in [0, 0.05) is 44.1 Å². The number of ether oxygens (including phenoxy) is 2. The Labute approximate surface area is 174 Å². The van der Waals surface area contributed by atoms with Gasteiger partial charge in [-0.15, -0.1) is 0 Å². The van der Waals surface area contributed by atoms with Gasteiger partial charge in [0.05, 0.1) is 20.8 Å². The molecule has 158 valence electrons. The molecule has 3 heterocycles. The Kier molecular flexibility index (Phi) is 6.11. The molecule has 0 amide bonds. The zero-order chi connectivity index (χ0) is 20.3. The molecule has 2 aromatic rings. The number of benzene rings is 1. The summed E-state index contributed by atoms with van der Waals surface area (Å²) in [6.07, 6.45) is 7.90. The Bertz CT molecular complexity index is 821. The first kappa shape index (κ1) is 20.2. The van der Waals surface area contributed by atoms with Crippen molar-refractivity contribution in [2.24, 2.45) is 5.41 Å². The molecule has 29 heavy (non-hydrogen) atoms. The summed E-state index contributed by atoms with van der Waals surface area (Å²) < 4.78 is 13.4. The lowest BCUT2D eigenvalue weighted by atomic mass is 9.79. The van der Waals surface area contributed by atoms with Gasteiger partial charge in [0.25, 0.3) is 0 Å². The lowest BCUT2D eigenvalue weighted by molar-refractivity contribution is 0.0855. The van der Waals surface area contributed by atoms with E-state index in [1.165, 1.54) is 43.7 Å². The summed E-state index contributed by atoms with van der Waals surface area (Å²) in [4.78, 5) is 9.79. The highest BCUT2D eigenvalue weighted by Gasteiger charge is 2.41. The van der Waals surface area contributed by atoms with Crippen molar-refractivity contribution in [1.82, 2.24) is 19.4 Å². The van der Waals surface area contributed by atoms with E-state index in [-0.39, 0.29) is 0 Å². The predicted molar refractivity (Wildman–Crippen MR) is 114 cm³/mol. The van der Waals surface area contributed by atoms with Crippen LogP contribution < -0.4 is 9.47 Å². The zero-order valence-corrected chi connectivity index (χ0v) is 18.1. The molecular weight excluding hydrogens is 364 g/mol. The van der Waals surface area contributed by atoms with E-state index >= 15 is 0 Å². The summed E-state index contributed by atoms with van der Waals surface area (Å²) >= 11 is 0. The molecule has 2 aliphatic rings. The van der Waals surface area contributed by atoms with Crippen molar-refractivity contribution in [1.29, 1.82) is 0 Å². The molecule has 2 saturated heterocycles. The van der Waals surface area contributed by atoms with E-state index in [1.807, 2.05) is 12.3 Å². The Morgan fingerprint density at radius 2 is 1.86 bits per heavy atom. The summed E-state index contributed by atoms with van der Waals surface area (Å²) in [5.41, 5.74) is 1.62. The molecule has 1 aromatic carbocycles. The molecule has 6 nitrogen and oxygen atoms in total. The summed E-state index contributed by atoms with van der Waals surface area (Å²) in [6.45, 7) is 9.72. The Hall–Kier alpha value is -2.05. The largest absolute Gasteiger partial charge is 0.493 e. The third-order valence-corrected chi connectivity index (χ3v) is 6.64. The van der Waals surface area contributed by atoms with Crippen LogP contribution >= 0.6 is 0 Å². The Morgan fingerprint density at radius 1 is 1.03 bits per heavy atom. The van der Waals surface area contributed by atoms with Crippen LogP contribution in [0.2, 0.25) is 0 Å². The van der Waals surface area contributed by atoms with Gasteiger partial charge >= 0.3 is 0 Å². The van der Waals surface area contributed by atoms with Crippen LogP contribution in [0, 0.1) is 5.41 Å². The molecule has 6 heteroatoms. The van der Waals surface area contributed by atoms with Crippen LogP contribution in [0.5, 0.6) is 11.5 Å². The van der Waals surface area contributed by atoms with Gasteiger partial charge in [-0.2, -0.15) is 0 Å². The molecule has 1 spiro atoms. The molecule has 1 aromatic heterocycles. The van der Waals surface area contributed by atoms with Crippen LogP contribution in [0.15, 0.2) is 30.6 Å². The second-order valence-corrected chi connectivity index (χ2v) is 8.56. The summed E-state index contributed by atoms with van der Waals surface area (Å²) in [5, 5.41) is 0. The van der Waals surface area contributed by atoms with Gasteiger partial charge in [-0.05, 0) is 50.8 Å². The van der Waals surface area contributed by atoms with Gasteiger partial charge in [-0.25, -0.2) is 4.98 Å². The van der Waals surface area contributed by atoms with Crippen molar-refractivity contribution in [3.63, 3.8) is 0 Å². The molecule has 4 rings (SSSR count). The minimum Gasteiger partial charge on any atom is -0.493 e. The van der Waals surface area contributed by atoms with E-state index in [1.54, 1.807) is 14.2 Å². The maximum absolute atomic E-state index is 5.65. The third kappa shape index (κ3) is 4.28. The summed E-state index contributed by atoms with van der Waals surface area (Å²) in [7, 11) is 3.43. The number of piperidine rings is 1. The number of hydrogen-bond donors (Lipinski definition) is 0. The zero-order valence-electron chi connectivity index (χ0n) is 18.1. The minimum absolute atomic E-state index is 0.411. The monoisotopic (exact) mass is 398 g/mol. The van der Waals surface area contributed by atoms with E-state index in [2.05, 4.69) is 44.6 Å². The van der Waals surface area contributed by atoms with Crippen molar-refractivity contribution in [2.45, 2.75) is 45.8 Å². The first-order valence-electron chi connectivity index (χ1n) is 10.8. The first-order chi connectivity index (χ1) is 14.2. The fraction of sp³-hybridized carbons (Fsp3) is 0.609. The van der Waals surface area contributed by atoms with Gasteiger partial charge in [0.2, 0.25) is 0 Å². The molecule has 2 aliphatic heterocycles. The van der Waals surface area contributed by atoms with Crippen LogP contribution in [0.25, 0.3) is 0 Å². The second-order valence-electron chi connectivity index (χ2n) is 8.56. The average molecular weight is 399 g/mol. The van der Waals surface area contributed by atoms with E-state index in [4.69, 9.17) is 9.47 Å². The number of imidazole rings is 1. The number of aryl methyl sites for hydroxylation is 1. The fourth-order valence-corrected chi connectivity index (χ4v) is 5.24. The van der Waals surface area contributed by atoms with E-state index in [9.17, 15) is 0 Å². The third-order valence-electron chi connectivity index (χ3n) is 6.64. The van der Waals surface area contributed by atoms with Crippen LogP contribution in [-0.2, 0) is 19.6 Å². The molecule has 0 saturated carbocycles. The molecule has 0 N–H and O–H groups in total. The van der Waals surface area contributed by atoms with Gasteiger partial charge in [-0.1, -0.05) is 12.1 Å².